The molecule has 19 heavy (non-hydrogen) atoms. The molecule has 2 unspecified atom stereocenters. The fourth-order valence-corrected chi connectivity index (χ4v) is 3.25. The fraction of sp³-hybridized carbons (Fsp3) is 0.800. The number of aromatic nitrogens is 2. The Morgan fingerprint density at radius 2 is 2.26 bits per heavy atom. The van der Waals surface area contributed by atoms with E-state index in [-0.39, 0.29) is 0 Å². The van der Waals surface area contributed by atoms with Gasteiger partial charge in [0.25, 0.3) is 0 Å². The molecule has 1 saturated carbocycles. The van der Waals surface area contributed by atoms with Crippen molar-refractivity contribution in [3.63, 3.8) is 0 Å². The first-order valence-corrected chi connectivity index (χ1v) is 7.63. The van der Waals surface area contributed by atoms with Crippen LogP contribution in [0.2, 0.25) is 0 Å². The normalized spacial score (nSPS) is 23.5. The van der Waals surface area contributed by atoms with Gasteiger partial charge in [0.1, 0.15) is 0 Å². The van der Waals surface area contributed by atoms with Crippen LogP contribution >= 0.6 is 0 Å². The monoisotopic (exact) mass is 265 g/mol. The smallest absolute Gasteiger partial charge is 0.160 e. The maximum atomic E-state index is 5.52. The maximum Gasteiger partial charge on any atom is 0.160 e. The predicted octanol–water partition coefficient (Wildman–Crippen LogP) is 2.94. The van der Waals surface area contributed by atoms with E-state index in [0.29, 0.717) is 12.0 Å². The molecule has 0 bridgehead atoms. The van der Waals surface area contributed by atoms with E-state index < -0.39 is 0 Å². The average molecular weight is 265 g/mol. The molecule has 1 N–H and O–H groups in total. The highest BCUT2D eigenvalue weighted by atomic mass is 16.5. The molecule has 4 heteroatoms. The summed E-state index contributed by atoms with van der Waals surface area (Å²) in [5.41, 5.74) is 1.31. The van der Waals surface area contributed by atoms with Crippen LogP contribution in [0, 0.1) is 0 Å². The minimum Gasteiger partial charge on any atom is -0.493 e. The lowest BCUT2D eigenvalue weighted by Crippen LogP contribution is -2.33. The van der Waals surface area contributed by atoms with Gasteiger partial charge >= 0.3 is 0 Å². The van der Waals surface area contributed by atoms with Crippen molar-refractivity contribution in [2.45, 2.75) is 64.5 Å². The van der Waals surface area contributed by atoms with E-state index in [9.17, 15) is 0 Å². The number of hydrogen-bond donors (Lipinski definition) is 1. The summed E-state index contributed by atoms with van der Waals surface area (Å²) in [6.07, 6.45) is 8.05. The topological polar surface area (TPSA) is 39.1 Å². The summed E-state index contributed by atoms with van der Waals surface area (Å²) in [4.78, 5) is 0. The van der Waals surface area contributed by atoms with Crippen LogP contribution in [0.4, 0.5) is 0 Å². The van der Waals surface area contributed by atoms with Gasteiger partial charge in [-0.15, -0.1) is 0 Å². The first-order chi connectivity index (χ1) is 9.30. The molecule has 0 radical (unpaired) electrons. The van der Waals surface area contributed by atoms with E-state index in [1.165, 1.54) is 31.4 Å². The number of methoxy groups -OCH3 is 1. The molecule has 1 fully saturated rings. The van der Waals surface area contributed by atoms with Crippen molar-refractivity contribution < 1.29 is 4.74 Å². The van der Waals surface area contributed by atoms with Crippen LogP contribution in [0.5, 0.6) is 5.75 Å². The average Bonchev–Trinajstić information content (AvgIpc) is 2.83. The summed E-state index contributed by atoms with van der Waals surface area (Å²) >= 11 is 0. The minimum atomic E-state index is 0.585. The van der Waals surface area contributed by atoms with Crippen LogP contribution in [0.1, 0.15) is 57.6 Å². The minimum absolute atomic E-state index is 0.585. The molecular formula is C15H27N3O. The van der Waals surface area contributed by atoms with Crippen molar-refractivity contribution in [3.05, 3.63) is 11.9 Å². The third kappa shape index (κ3) is 3.30. The van der Waals surface area contributed by atoms with Gasteiger partial charge in [0, 0.05) is 18.5 Å². The zero-order valence-electron chi connectivity index (χ0n) is 12.5. The van der Waals surface area contributed by atoms with Crippen LogP contribution in [0.25, 0.3) is 0 Å². The zero-order valence-corrected chi connectivity index (χ0v) is 12.5. The molecule has 4 nitrogen and oxygen atoms in total. The first kappa shape index (κ1) is 14.4. The lowest BCUT2D eigenvalue weighted by Gasteiger charge is -2.30. The van der Waals surface area contributed by atoms with Gasteiger partial charge in [-0.05, 0) is 32.2 Å². The lowest BCUT2D eigenvalue weighted by molar-refractivity contribution is 0.321. The third-order valence-corrected chi connectivity index (χ3v) is 4.05. The molecular weight excluding hydrogens is 238 g/mol. The Kier molecular flexibility index (Phi) is 5.25. The number of nitrogens with one attached hydrogen (secondary N) is 1. The number of rotatable bonds is 6. The van der Waals surface area contributed by atoms with Crippen molar-refractivity contribution in [2.24, 2.45) is 0 Å². The van der Waals surface area contributed by atoms with Gasteiger partial charge in [-0.2, -0.15) is 5.10 Å². The molecule has 1 aliphatic carbocycles. The van der Waals surface area contributed by atoms with E-state index in [2.05, 4.69) is 28.9 Å². The van der Waals surface area contributed by atoms with Gasteiger partial charge in [0.15, 0.2) is 5.75 Å². The van der Waals surface area contributed by atoms with Gasteiger partial charge in [0.2, 0.25) is 0 Å². The van der Waals surface area contributed by atoms with E-state index >= 15 is 0 Å². The second-order valence-corrected chi connectivity index (χ2v) is 5.44. The van der Waals surface area contributed by atoms with Crippen molar-refractivity contribution in [1.29, 1.82) is 0 Å². The summed E-state index contributed by atoms with van der Waals surface area (Å²) in [5, 5.41) is 8.09. The molecule has 0 aliphatic heterocycles. The number of nitrogens with zero attached hydrogens (tertiary/aromatic N) is 2. The lowest BCUT2D eigenvalue weighted by atomic mass is 9.83. The van der Waals surface area contributed by atoms with Gasteiger partial charge in [-0.25, -0.2) is 0 Å². The molecule has 1 aromatic heterocycles. The SMILES string of the molecule is CCCn1ncc(OC)c1C1CCCC(NCC)C1. The second-order valence-electron chi connectivity index (χ2n) is 5.44. The Balaban J connectivity index is 2.16. The second kappa shape index (κ2) is 6.94. The molecule has 0 aromatic carbocycles. The number of hydrogen-bond acceptors (Lipinski definition) is 3. The highest BCUT2D eigenvalue weighted by molar-refractivity contribution is 5.29. The maximum absolute atomic E-state index is 5.52. The molecule has 1 aromatic rings. The van der Waals surface area contributed by atoms with Gasteiger partial charge in [0.05, 0.1) is 19.0 Å². The predicted molar refractivity (Wildman–Crippen MR) is 77.7 cm³/mol. The molecule has 0 amide bonds. The Morgan fingerprint density at radius 1 is 1.42 bits per heavy atom. The van der Waals surface area contributed by atoms with Crippen LogP contribution in [-0.2, 0) is 6.54 Å². The van der Waals surface area contributed by atoms with E-state index in [0.717, 1.165) is 25.3 Å². The standard InChI is InChI=1S/C15H27N3O/c1-4-9-18-15(14(19-3)11-17-18)12-7-6-8-13(10-12)16-5-2/h11-13,16H,4-10H2,1-3H3. The highest BCUT2D eigenvalue weighted by Gasteiger charge is 2.28. The Morgan fingerprint density at radius 3 is 2.95 bits per heavy atom. The Bertz CT molecular complexity index is 387. The van der Waals surface area contributed by atoms with Crippen molar-refractivity contribution in [2.75, 3.05) is 13.7 Å². The molecule has 2 rings (SSSR count). The van der Waals surface area contributed by atoms with Gasteiger partial charge in [-0.1, -0.05) is 20.3 Å². The molecule has 1 aliphatic rings. The largest absolute Gasteiger partial charge is 0.493 e. The summed E-state index contributed by atoms with van der Waals surface area (Å²) in [7, 11) is 1.75. The molecule has 2 atom stereocenters. The van der Waals surface area contributed by atoms with Crippen molar-refractivity contribution in [3.8, 4) is 5.75 Å². The van der Waals surface area contributed by atoms with Crippen LogP contribution < -0.4 is 10.1 Å². The molecule has 108 valence electrons. The molecule has 1 heterocycles. The fourth-order valence-electron chi connectivity index (χ4n) is 3.25. The Labute approximate surface area is 116 Å². The third-order valence-electron chi connectivity index (χ3n) is 4.05. The molecule has 0 saturated heterocycles. The van der Waals surface area contributed by atoms with Crippen LogP contribution in [-0.4, -0.2) is 29.5 Å². The van der Waals surface area contributed by atoms with Crippen molar-refractivity contribution in [1.82, 2.24) is 15.1 Å². The number of aryl methyl sites for hydroxylation is 1. The molecule has 0 spiro atoms. The van der Waals surface area contributed by atoms with E-state index in [1.807, 2.05) is 6.20 Å². The van der Waals surface area contributed by atoms with Gasteiger partial charge in [-0.3, -0.25) is 4.68 Å². The summed E-state index contributed by atoms with van der Waals surface area (Å²) in [5.74, 6) is 1.55. The highest BCUT2D eigenvalue weighted by Crippen LogP contribution is 2.37. The van der Waals surface area contributed by atoms with E-state index in [1.54, 1.807) is 7.11 Å². The summed E-state index contributed by atoms with van der Waals surface area (Å²) in [6.45, 7) is 6.43. The van der Waals surface area contributed by atoms with Crippen LogP contribution in [0.3, 0.4) is 0 Å². The summed E-state index contributed by atoms with van der Waals surface area (Å²) < 4.78 is 7.67. The Hall–Kier alpha value is -1.03. The summed E-state index contributed by atoms with van der Waals surface area (Å²) in [6, 6.07) is 0.651. The van der Waals surface area contributed by atoms with Crippen molar-refractivity contribution >= 4 is 0 Å². The van der Waals surface area contributed by atoms with Crippen LogP contribution in [0.15, 0.2) is 6.20 Å². The number of ether oxygens (including phenoxy) is 1. The van der Waals surface area contributed by atoms with Gasteiger partial charge < -0.3 is 10.1 Å². The zero-order chi connectivity index (χ0) is 13.7. The van der Waals surface area contributed by atoms with E-state index in [4.69, 9.17) is 4.74 Å². The first-order valence-electron chi connectivity index (χ1n) is 7.63. The quantitative estimate of drug-likeness (QED) is 0.859.